The molecule has 1 amide bonds. The van der Waals surface area contributed by atoms with E-state index in [9.17, 15) is 14.7 Å². The largest absolute Gasteiger partial charge is 0.493 e. The van der Waals surface area contributed by atoms with Gasteiger partial charge in [-0.05, 0) is 50.2 Å². The number of anilines is 1. The first kappa shape index (κ1) is 21.7. The van der Waals surface area contributed by atoms with Crippen LogP contribution in [0.15, 0.2) is 41.5 Å². The van der Waals surface area contributed by atoms with Gasteiger partial charge in [0, 0.05) is 29.9 Å². The summed E-state index contributed by atoms with van der Waals surface area (Å²) in [6.45, 7) is 5.89. The third-order valence-corrected chi connectivity index (χ3v) is 4.42. The van der Waals surface area contributed by atoms with Crippen LogP contribution in [0, 0.1) is 0 Å². The third-order valence-electron chi connectivity index (χ3n) is 4.42. The molecule has 2 rings (SSSR count). The molecule has 29 heavy (non-hydrogen) atoms. The van der Waals surface area contributed by atoms with Crippen molar-refractivity contribution in [3.05, 3.63) is 53.1 Å². The molecule has 0 saturated carbocycles. The molecule has 8 heteroatoms. The van der Waals surface area contributed by atoms with Crippen LogP contribution in [0.2, 0.25) is 0 Å². The second-order valence-corrected chi connectivity index (χ2v) is 5.99. The van der Waals surface area contributed by atoms with E-state index in [0.717, 1.165) is 18.8 Å². The van der Waals surface area contributed by atoms with E-state index in [1.54, 1.807) is 18.2 Å². The van der Waals surface area contributed by atoms with Gasteiger partial charge in [-0.25, -0.2) is 10.2 Å². The van der Waals surface area contributed by atoms with Gasteiger partial charge in [0.1, 0.15) is 5.56 Å². The minimum atomic E-state index is -1.19. The Kier molecular flexibility index (Phi) is 7.59. The van der Waals surface area contributed by atoms with E-state index in [2.05, 4.69) is 29.3 Å². The van der Waals surface area contributed by atoms with Crippen LogP contribution in [0.1, 0.15) is 40.1 Å². The topological polar surface area (TPSA) is 100 Å². The Morgan fingerprint density at radius 1 is 1.07 bits per heavy atom. The van der Waals surface area contributed by atoms with Crippen LogP contribution in [0.4, 0.5) is 5.69 Å². The number of nitrogens with one attached hydrogen (secondary N) is 1. The van der Waals surface area contributed by atoms with Crippen molar-refractivity contribution in [3.8, 4) is 11.5 Å². The Hall–Kier alpha value is -3.55. The number of carboxylic acids is 1. The quantitative estimate of drug-likeness (QED) is 0.497. The van der Waals surface area contributed by atoms with Crippen LogP contribution in [-0.2, 0) is 0 Å². The highest BCUT2D eigenvalue weighted by Gasteiger charge is 2.20. The Bertz CT molecular complexity index is 890. The zero-order chi connectivity index (χ0) is 21.4. The molecule has 0 radical (unpaired) electrons. The molecule has 0 spiro atoms. The van der Waals surface area contributed by atoms with Gasteiger partial charge < -0.3 is 19.5 Å². The molecule has 0 aliphatic heterocycles. The number of benzene rings is 2. The van der Waals surface area contributed by atoms with Crippen molar-refractivity contribution in [2.45, 2.75) is 13.8 Å². The van der Waals surface area contributed by atoms with Crippen LogP contribution < -0.4 is 19.8 Å². The maximum Gasteiger partial charge on any atom is 0.340 e. The first-order valence-corrected chi connectivity index (χ1v) is 9.13. The summed E-state index contributed by atoms with van der Waals surface area (Å²) in [5.41, 5.74) is 4.06. The predicted molar refractivity (Wildman–Crippen MR) is 112 cm³/mol. The number of ether oxygens (including phenoxy) is 2. The summed E-state index contributed by atoms with van der Waals surface area (Å²) in [6, 6.07) is 10.3. The normalized spacial score (nSPS) is 10.6. The lowest BCUT2D eigenvalue weighted by molar-refractivity contribution is 0.0692. The van der Waals surface area contributed by atoms with Crippen molar-refractivity contribution < 1.29 is 24.2 Å². The molecule has 0 unspecified atom stereocenters. The van der Waals surface area contributed by atoms with Gasteiger partial charge in [-0.1, -0.05) is 0 Å². The fourth-order valence-electron chi connectivity index (χ4n) is 2.91. The molecule has 8 nitrogen and oxygen atoms in total. The number of aromatic carboxylic acids is 1. The van der Waals surface area contributed by atoms with Crippen molar-refractivity contribution in [3.63, 3.8) is 0 Å². The molecule has 0 saturated heterocycles. The number of rotatable bonds is 9. The molecule has 0 aliphatic carbocycles. The van der Waals surface area contributed by atoms with Gasteiger partial charge in [-0.3, -0.25) is 4.79 Å². The van der Waals surface area contributed by atoms with Crippen LogP contribution in [0.3, 0.4) is 0 Å². The van der Waals surface area contributed by atoms with Gasteiger partial charge in [-0.15, -0.1) is 0 Å². The molecule has 0 aliphatic rings. The van der Waals surface area contributed by atoms with E-state index >= 15 is 0 Å². The number of methoxy groups -OCH3 is 2. The molecule has 0 atom stereocenters. The number of hydrogen-bond donors (Lipinski definition) is 2. The second kappa shape index (κ2) is 10.1. The zero-order valence-electron chi connectivity index (χ0n) is 16.9. The number of nitrogens with zero attached hydrogens (tertiary/aromatic N) is 2. The fourth-order valence-corrected chi connectivity index (χ4v) is 2.91. The molecular weight excluding hydrogens is 374 g/mol. The minimum absolute atomic E-state index is 0.0854. The molecule has 154 valence electrons. The highest BCUT2D eigenvalue weighted by Crippen LogP contribution is 2.32. The van der Waals surface area contributed by atoms with Gasteiger partial charge in [-0.2, -0.15) is 5.10 Å². The summed E-state index contributed by atoms with van der Waals surface area (Å²) >= 11 is 0. The van der Waals surface area contributed by atoms with Crippen LogP contribution in [-0.4, -0.2) is 50.5 Å². The maximum absolute atomic E-state index is 12.3. The summed E-state index contributed by atoms with van der Waals surface area (Å²) in [7, 11) is 2.78. The van der Waals surface area contributed by atoms with E-state index in [4.69, 9.17) is 9.47 Å². The monoisotopic (exact) mass is 399 g/mol. The zero-order valence-corrected chi connectivity index (χ0v) is 16.9. The standard InChI is InChI=1S/C21H25N3O5/c1-5-24(6-2)16-10-7-14(8-11-16)20(25)23-22-13-15-9-12-17(28-3)19(29-4)18(15)21(26)27/h7-13H,5-6H2,1-4H3,(H,23,25)(H,26,27)/b22-13-. The van der Waals surface area contributed by atoms with E-state index in [1.165, 1.54) is 26.5 Å². The van der Waals surface area contributed by atoms with Crippen LogP contribution in [0.5, 0.6) is 11.5 Å². The van der Waals surface area contributed by atoms with E-state index < -0.39 is 11.9 Å². The van der Waals surface area contributed by atoms with Crippen molar-refractivity contribution in [2.75, 3.05) is 32.2 Å². The first-order chi connectivity index (χ1) is 14.0. The Balaban J connectivity index is 2.17. The number of carbonyl (C=O) groups is 2. The lowest BCUT2D eigenvalue weighted by Crippen LogP contribution is -2.22. The van der Waals surface area contributed by atoms with E-state index in [-0.39, 0.29) is 16.9 Å². The average molecular weight is 399 g/mol. The van der Waals surface area contributed by atoms with Gasteiger partial charge in [0.05, 0.1) is 20.4 Å². The number of carboxylic acid groups (broad SMARTS) is 1. The Labute approximate surface area is 169 Å². The van der Waals surface area contributed by atoms with Crippen molar-refractivity contribution >= 4 is 23.8 Å². The van der Waals surface area contributed by atoms with Gasteiger partial charge >= 0.3 is 5.97 Å². The van der Waals surface area contributed by atoms with Gasteiger partial charge in [0.15, 0.2) is 11.5 Å². The van der Waals surface area contributed by atoms with Crippen molar-refractivity contribution in [1.82, 2.24) is 5.43 Å². The molecule has 2 aromatic carbocycles. The maximum atomic E-state index is 12.3. The summed E-state index contributed by atoms with van der Waals surface area (Å²) in [6.07, 6.45) is 1.26. The number of amides is 1. The number of hydrazone groups is 1. The summed E-state index contributed by atoms with van der Waals surface area (Å²) in [5, 5.41) is 13.4. The molecule has 0 aromatic heterocycles. The molecule has 0 bridgehead atoms. The molecular formula is C21H25N3O5. The Morgan fingerprint density at radius 2 is 1.72 bits per heavy atom. The lowest BCUT2D eigenvalue weighted by atomic mass is 10.1. The Morgan fingerprint density at radius 3 is 2.24 bits per heavy atom. The van der Waals surface area contributed by atoms with Crippen molar-refractivity contribution in [2.24, 2.45) is 5.10 Å². The average Bonchev–Trinajstić information content (AvgIpc) is 2.74. The SMILES string of the molecule is CCN(CC)c1ccc(C(=O)N/N=C\c2ccc(OC)c(OC)c2C(=O)O)cc1. The summed E-state index contributed by atoms with van der Waals surface area (Å²) < 4.78 is 10.3. The molecule has 0 heterocycles. The van der Waals surface area contributed by atoms with E-state index in [0.29, 0.717) is 11.3 Å². The van der Waals surface area contributed by atoms with Crippen LogP contribution >= 0.6 is 0 Å². The number of hydrogen-bond acceptors (Lipinski definition) is 6. The summed E-state index contributed by atoms with van der Waals surface area (Å²) in [4.78, 5) is 26.1. The second-order valence-electron chi connectivity index (χ2n) is 5.99. The minimum Gasteiger partial charge on any atom is -0.493 e. The lowest BCUT2D eigenvalue weighted by Gasteiger charge is -2.20. The predicted octanol–water partition coefficient (Wildman–Crippen LogP) is 3.01. The highest BCUT2D eigenvalue weighted by molar-refractivity contribution is 6.02. The fraction of sp³-hybridized carbons (Fsp3) is 0.286. The molecule has 0 fully saturated rings. The van der Waals surface area contributed by atoms with Gasteiger partial charge in [0.2, 0.25) is 0 Å². The molecule has 2 N–H and O–H groups in total. The third kappa shape index (κ3) is 5.04. The highest BCUT2D eigenvalue weighted by atomic mass is 16.5. The van der Waals surface area contributed by atoms with Gasteiger partial charge in [0.25, 0.3) is 5.91 Å². The summed E-state index contributed by atoms with van der Waals surface area (Å²) in [5.74, 6) is -1.22. The van der Waals surface area contributed by atoms with Crippen molar-refractivity contribution in [1.29, 1.82) is 0 Å². The van der Waals surface area contributed by atoms with E-state index in [1.807, 2.05) is 12.1 Å². The smallest absolute Gasteiger partial charge is 0.340 e. The van der Waals surface area contributed by atoms with Crippen LogP contribution in [0.25, 0.3) is 0 Å². The first-order valence-electron chi connectivity index (χ1n) is 9.13. The number of carbonyl (C=O) groups excluding carboxylic acids is 1. The molecule has 2 aromatic rings.